The number of hydrogen-bond acceptors (Lipinski definition) is 4. The van der Waals surface area contributed by atoms with Crippen LogP contribution in [0.5, 0.6) is 0 Å². The van der Waals surface area contributed by atoms with Crippen LogP contribution in [0.1, 0.15) is 34.9 Å². The topological polar surface area (TPSA) is 50.3 Å². The predicted molar refractivity (Wildman–Crippen MR) is 106 cm³/mol. The van der Waals surface area contributed by atoms with Crippen LogP contribution in [0.2, 0.25) is 0 Å². The molecule has 0 N–H and O–H groups in total. The van der Waals surface area contributed by atoms with Gasteiger partial charge in [0.05, 0.1) is 20.1 Å². The first-order chi connectivity index (χ1) is 12.4. The van der Waals surface area contributed by atoms with Crippen LogP contribution in [0.3, 0.4) is 0 Å². The normalized spacial score (nSPS) is 17.0. The van der Waals surface area contributed by atoms with Gasteiger partial charge in [-0.25, -0.2) is 13.4 Å². The van der Waals surface area contributed by atoms with Crippen molar-refractivity contribution >= 4 is 31.6 Å². The third-order valence-electron chi connectivity index (χ3n) is 5.23. The van der Waals surface area contributed by atoms with Crippen LogP contribution in [0.25, 0.3) is 10.2 Å². The molecule has 1 fully saturated rings. The maximum atomic E-state index is 12.9. The molecule has 1 aliphatic heterocycles. The Labute approximate surface area is 158 Å². The van der Waals surface area contributed by atoms with E-state index in [1.54, 1.807) is 27.8 Å². The fraction of sp³-hybridized carbons (Fsp3) is 0.350. The quantitative estimate of drug-likeness (QED) is 0.667. The number of para-hydroxylation sites is 1. The van der Waals surface area contributed by atoms with E-state index in [9.17, 15) is 8.42 Å². The van der Waals surface area contributed by atoms with Gasteiger partial charge in [-0.1, -0.05) is 18.2 Å². The van der Waals surface area contributed by atoms with Gasteiger partial charge in [0, 0.05) is 19.0 Å². The molecule has 1 saturated heterocycles. The zero-order valence-electron chi connectivity index (χ0n) is 15.0. The van der Waals surface area contributed by atoms with Crippen molar-refractivity contribution in [2.45, 2.75) is 37.5 Å². The second-order valence-corrected chi connectivity index (χ2v) is 9.94. The van der Waals surface area contributed by atoms with Crippen LogP contribution in [-0.4, -0.2) is 30.8 Å². The number of piperidine rings is 1. The smallest absolute Gasteiger partial charge is 0.241 e. The summed E-state index contributed by atoms with van der Waals surface area (Å²) >= 11 is 1.73. The lowest BCUT2D eigenvalue weighted by Gasteiger charge is -2.30. The molecule has 0 aliphatic carbocycles. The lowest BCUT2D eigenvalue weighted by molar-refractivity contribution is 0.319. The van der Waals surface area contributed by atoms with Crippen molar-refractivity contribution in [2.75, 3.05) is 13.1 Å². The average molecular weight is 387 g/mol. The summed E-state index contributed by atoms with van der Waals surface area (Å²) in [5, 5.41) is 1.13. The van der Waals surface area contributed by atoms with E-state index in [0.717, 1.165) is 34.5 Å². The van der Waals surface area contributed by atoms with Crippen molar-refractivity contribution in [1.29, 1.82) is 0 Å². The third-order valence-corrected chi connectivity index (χ3v) is 8.32. The Morgan fingerprint density at radius 2 is 1.77 bits per heavy atom. The minimum Gasteiger partial charge on any atom is -0.241 e. The number of hydrogen-bond donors (Lipinski definition) is 0. The zero-order valence-corrected chi connectivity index (χ0v) is 16.6. The standard InChI is InChI=1S/C20H22N2O2S2/c1-14-7-8-17(13-15(14)2)26(23,24)22-11-9-16(10-12-22)20-21-18-5-3-4-6-19(18)25-20/h3-8,13,16H,9-12H2,1-2H3. The van der Waals surface area contributed by atoms with Crippen molar-refractivity contribution in [1.82, 2.24) is 9.29 Å². The van der Waals surface area contributed by atoms with Gasteiger partial charge in [-0.05, 0) is 62.1 Å². The Bertz CT molecular complexity index is 1020. The maximum absolute atomic E-state index is 12.9. The fourth-order valence-corrected chi connectivity index (χ4v) is 6.12. The molecule has 3 aromatic rings. The summed E-state index contributed by atoms with van der Waals surface area (Å²) in [5.74, 6) is 0.346. The molecule has 6 heteroatoms. The van der Waals surface area contributed by atoms with Crippen molar-refractivity contribution in [3.63, 3.8) is 0 Å². The fourth-order valence-electron chi connectivity index (χ4n) is 3.43. The van der Waals surface area contributed by atoms with Gasteiger partial charge in [-0.15, -0.1) is 11.3 Å². The lowest BCUT2D eigenvalue weighted by Crippen LogP contribution is -2.37. The third kappa shape index (κ3) is 3.17. The molecule has 1 aromatic heterocycles. The molecule has 2 heterocycles. The molecule has 4 rings (SSSR count). The summed E-state index contributed by atoms with van der Waals surface area (Å²) in [6, 6.07) is 13.6. The van der Waals surface area contributed by atoms with Crippen molar-refractivity contribution in [2.24, 2.45) is 0 Å². The van der Waals surface area contributed by atoms with E-state index >= 15 is 0 Å². The first-order valence-corrected chi connectivity index (χ1v) is 11.1. The summed E-state index contributed by atoms with van der Waals surface area (Å²) in [6.07, 6.45) is 1.65. The second-order valence-electron chi connectivity index (χ2n) is 6.94. The number of fused-ring (bicyclic) bond motifs is 1. The second kappa shape index (κ2) is 6.76. The van der Waals surface area contributed by atoms with E-state index in [4.69, 9.17) is 4.98 Å². The highest BCUT2D eigenvalue weighted by Crippen LogP contribution is 2.35. The molecule has 0 atom stereocenters. The van der Waals surface area contributed by atoms with E-state index < -0.39 is 10.0 Å². The summed E-state index contributed by atoms with van der Waals surface area (Å²) < 4.78 is 28.7. The van der Waals surface area contributed by atoms with E-state index in [2.05, 4.69) is 6.07 Å². The van der Waals surface area contributed by atoms with Crippen LogP contribution >= 0.6 is 11.3 Å². The van der Waals surface area contributed by atoms with Crippen molar-refractivity contribution < 1.29 is 8.42 Å². The Kier molecular flexibility index (Phi) is 4.59. The highest BCUT2D eigenvalue weighted by Gasteiger charge is 2.31. The summed E-state index contributed by atoms with van der Waals surface area (Å²) in [4.78, 5) is 5.16. The molecule has 4 nitrogen and oxygen atoms in total. The molecule has 136 valence electrons. The first-order valence-electron chi connectivity index (χ1n) is 8.88. The van der Waals surface area contributed by atoms with Gasteiger partial charge < -0.3 is 0 Å². The Morgan fingerprint density at radius 3 is 2.46 bits per heavy atom. The van der Waals surface area contributed by atoms with E-state index in [0.29, 0.717) is 23.9 Å². The minimum atomic E-state index is -3.42. The van der Waals surface area contributed by atoms with E-state index in [-0.39, 0.29) is 0 Å². The van der Waals surface area contributed by atoms with Crippen LogP contribution in [-0.2, 0) is 10.0 Å². The summed E-state index contributed by atoms with van der Waals surface area (Å²) in [6.45, 7) is 5.05. The Morgan fingerprint density at radius 1 is 1.04 bits per heavy atom. The SMILES string of the molecule is Cc1ccc(S(=O)(=O)N2CCC(c3nc4ccccc4s3)CC2)cc1C. The molecule has 2 aromatic carbocycles. The van der Waals surface area contributed by atoms with Gasteiger partial charge >= 0.3 is 0 Å². The van der Waals surface area contributed by atoms with E-state index in [1.807, 2.05) is 38.1 Å². The highest BCUT2D eigenvalue weighted by molar-refractivity contribution is 7.89. The molecule has 1 aliphatic rings. The predicted octanol–water partition coefficient (Wildman–Crippen LogP) is 4.48. The molecule has 0 spiro atoms. The van der Waals surface area contributed by atoms with Gasteiger partial charge in [-0.2, -0.15) is 4.31 Å². The minimum absolute atomic E-state index is 0.346. The molecule has 0 radical (unpaired) electrons. The molecule has 0 unspecified atom stereocenters. The molecule has 0 saturated carbocycles. The molecule has 26 heavy (non-hydrogen) atoms. The number of benzene rings is 2. The highest BCUT2D eigenvalue weighted by atomic mass is 32.2. The van der Waals surface area contributed by atoms with Gasteiger partial charge in [0.15, 0.2) is 0 Å². The monoisotopic (exact) mass is 386 g/mol. The Hall–Kier alpha value is -1.76. The number of rotatable bonds is 3. The average Bonchev–Trinajstić information content (AvgIpc) is 3.08. The number of sulfonamides is 1. The van der Waals surface area contributed by atoms with Crippen LogP contribution < -0.4 is 0 Å². The zero-order chi connectivity index (χ0) is 18.3. The lowest BCUT2D eigenvalue weighted by atomic mass is 9.99. The largest absolute Gasteiger partial charge is 0.243 e. The maximum Gasteiger partial charge on any atom is 0.243 e. The van der Waals surface area contributed by atoms with Crippen LogP contribution in [0.15, 0.2) is 47.4 Å². The molecule has 0 bridgehead atoms. The van der Waals surface area contributed by atoms with E-state index in [1.165, 1.54) is 4.70 Å². The van der Waals surface area contributed by atoms with Gasteiger partial charge in [0.2, 0.25) is 10.0 Å². The van der Waals surface area contributed by atoms with Crippen LogP contribution in [0, 0.1) is 13.8 Å². The van der Waals surface area contributed by atoms with Gasteiger partial charge in [0.25, 0.3) is 0 Å². The number of nitrogens with zero attached hydrogens (tertiary/aromatic N) is 2. The summed E-state index contributed by atoms with van der Waals surface area (Å²) in [5.41, 5.74) is 3.16. The van der Waals surface area contributed by atoms with Gasteiger partial charge in [0.1, 0.15) is 0 Å². The summed E-state index contributed by atoms with van der Waals surface area (Å²) in [7, 11) is -3.42. The van der Waals surface area contributed by atoms with Gasteiger partial charge in [-0.3, -0.25) is 0 Å². The van der Waals surface area contributed by atoms with Crippen molar-refractivity contribution in [3.05, 3.63) is 58.6 Å². The first kappa shape index (κ1) is 17.6. The van der Waals surface area contributed by atoms with Crippen LogP contribution in [0.4, 0.5) is 0 Å². The van der Waals surface area contributed by atoms with Crippen molar-refractivity contribution in [3.8, 4) is 0 Å². The Balaban J connectivity index is 1.51. The number of aromatic nitrogens is 1. The number of aryl methyl sites for hydroxylation is 2. The molecular formula is C20H22N2O2S2. The molecule has 0 amide bonds. The number of thiazole rings is 1. The molecular weight excluding hydrogens is 364 g/mol.